The van der Waals surface area contributed by atoms with E-state index >= 15 is 0 Å². The van der Waals surface area contributed by atoms with Crippen molar-refractivity contribution in [2.45, 2.75) is 13.8 Å². The van der Waals surface area contributed by atoms with E-state index in [0.717, 1.165) is 12.1 Å². The first-order valence-corrected chi connectivity index (χ1v) is 6.22. The lowest BCUT2D eigenvalue weighted by Crippen LogP contribution is -2.18. The lowest BCUT2D eigenvalue weighted by Gasteiger charge is -2.07. The number of carbonyl (C=O) groups is 3. The highest BCUT2D eigenvalue weighted by Crippen LogP contribution is 2.58. The van der Waals surface area contributed by atoms with Gasteiger partial charge in [-0.15, -0.1) is 0 Å². The molecule has 1 aromatic carbocycles. The van der Waals surface area contributed by atoms with Crippen LogP contribution in [0, 0.1) is 23.1 Å². The minimum Gasteiger partial charge on any atom is -0.481 e. The minimum absolute atomic E-state index is 0.116. The number of halogens is 1. The van der Waals surface area contributed by atoms with Gasteiger partial charge < -0.3 is 15.5 Å². The van der Waals surface area contributed by atoms with Crippen molar-refractivity contribution in [1.29, 1.82) is 0 Å². The van der Waals surface area contributed by atoms with Gasteiger partial charge in [0, 0.05) is 5.69 Å². The summed E-state index contributed by atoms with van der Waals surface area (Å²) in [5, 5.41) is 20.3. The van der Waals surface area contributed by atoms with Crippen molar-refractivity contribution in [3.63, 3.8) is 0 Å². The third-order valence-corrected chi connectivity index (χ3v) is 3.84. The van der Waals surface area contributed by atoms with Gasteiger partial charge in [-0.2, -0.15) is 0 Å². The average molecular weight is 295 g/mol. The van der Waals surface area contributed by atoms with Crippen molar-refractivity contribution in [2.75, 3.05) is 5.32 Å². The maximum absolute atomic E-state index is 13.2. The second kappa shape index (κ2) is 4.83. The predicted molar refractivity (Wildman–Crippen MR) is 70.4 cm³/mol. The fourth-order valence-corrected chi connectivity index (χ4v) is 2.57. The standard InChI is InChI=1S/C14H14FNO5/c1-14(2)9(10(14)13(20)21)11(17)16-6-3-4-8(15)7(5-6)12(18)19/h3-5,9-10H,1-2H3,(H,16,17)(H,18,19)(H,20,21)/t9-,10+/m1/s1. The Labute approximate surface area is 119 Å². The first kappa shape index (κ1) is 15.0. The summed E-state index contributed by atoms with van der Waals surface area (Å²) in [5.41, 5.74) is -1.10. The molecule has 1 fully saturated rings. The number of carbonyl (C=O) groups excluding carboxylic acids is 1. The number of aromatic carboxylic acids is 1. The lowest BCUT2D eigenvalue weighted by molar-refractivity contribution is -0.140. The molecule has 2 rings (SSSR count). The number of nitrogens with one attached hydrogen (secondary N) is 1. The van der Waals surface area contributed by atoms with Crippen LogP contribution in [0.4, 0.5) is 10.1 Å². The largest absolute Gasteiger partial charge is 0.481 e. The Bertz CT molecular complexity index is 640. The molecule has 0 heterocycles. The third-order valence-electron chi connectivity index (χ3n) is 3.84. The molecule has 0 aromatic heterocycles. The smallest absolute Gasteiger partial charge is 0.338 e. The van der Waals surface area contributed by atoms with Crippen LogP contribution in [0.2, 0.25) is 0 Å². The van der Waals surface area contributed by atoms with Crippen LogP contribution < -0.4 is 5.32 Å². The van der Waals surface area contributed by atoms with Crippen molar-refractivity contribution < 1.29 is 29.0 Å². The fourth-order valence-electron chi connectivity index (χ4n) is 2.57. The molecule has 0 radical (unpaired) electrons. The van der Waals surface area contributed by atoms with Crippen LogP contribution in [-0.4, -0.2) is 28.1 Å². The van der Waals surface area contributed by atoms with Gasteiger partial charge in [0.15, 0.2) is 0 Å². The summed E-state index contributed by atoms with van der Waals surface area (Å²) in [6.45, 7) is 3.34. The highest BCUT2D eigenvalue weighted by Gasteiger charge is 2.65. The van der Waals surface area contributed by atoms with Crippen LogP contribution in [-0.2, 0) is 9.59 Å². The van der Waals surface area contributed by atoms with Crippen LogP contribution in [0.25, 0.3) is 0 Å². The van der Waals surface area contributed by atoms with E-state index < -0.39 is 46.5 Å². The Kier molecular flexibility index (Phi) is 3.44. The predicted octanol–water partition coefficient (Wildman–Crippen LogP) is 1.82. The quantitative estimate of drug-likeness (QED) is 0.786. The van der Waals surface area contributed by atoms with Gasteiger partial charge in [0.2, 0.25) is 5.91 Å². The zero-order valence-electron chi connectivity index (χ0n) is 11.4. The number of amides is 1. The van der Waals surface area contributed by atoms with Crippen molar-refractivity contribution in [3.8, 4) is 0 Å². The Morgan fingerprint density at radius 3 is 2.29 bits per heavy atom. The van der Waals surface area contributed by atoms with E-state index in [1.165, 1.54) is 6.07 Å². The molecule has 0 saturated heterocycles. The lowest BCUT2D eigenvalue weighted by atomic mass is 10.1. The summed E-state index contributed by atoms with van der Waals surface area (Å²) in [6, 6.07) is 3.16. The molecule has 1 aromatic rings. The molecule has 1 aliphatic carbocycles. The number of hydrogen-bond acceptors (Lipinski definition) is 3. The Balaban J connectivity index is 2.17. The summed E-state index contributed by atoms with van der Waals surface area (Å²) in [7, 11) is 0. The molecule has 21 heavy (non-hydrogen) atoms. The van der Waals surface area contributed by atoms with Crippen LogP contribution in [0.3, 0.4) is 0 Å². The normalized spacial score (nSPS) is 22.4. The summed E-state index contributed by atoms with van der Waals surface area (Å²) < 4.78 is 13.2. The maximum atomic E-state index is 13.2. The zero-order chi connectivity index (χ0) is 15.9. The summed E-state index contributed by atoms with van der Waals surface area (Å²) in [6.07, 6.45) is 0. The Morgan fingerprint density at radius 1 is 1.19 bits per heavy atom. The van der Waals surface area contributed by atoms with E-state index in [1.807, 2.05) is 0 Å². The molecule has 0 unspecified atom stereocenters. The summed E-state index contributed by atoms with van der Waals surface area (Å²) in [4.78, 5) is 33.9. The molecule has 6 nitrogen and oxygen atoms in total. The van der Waals surface area contributed by atoms with Crippen LogP contribution >= 0.6 is 0 Å². The van der Waals surface area contributed by atoms with E-state index in [9.17, 15) is 18.8 Å². The highest BCUT2D eigenvalue weighted by atomic mass is 19.1. The molecule has 112 valence electrons. The van der Waals surface area contributed by atoms with Gasteiger partial charge in [0.25, 0.3) is 0 Å². The van der Waals surface area contributed by atoms with Crippen molar-refractivity contribution >= 4 is 23.5 Å². The molecular formula is C14H14FNO5. The number of benzene rings is 1. The van der Waals surface area contributed by atoms with E-state index in [2.05, 4.69) is 5.32 Å². The third kappa shape index (κ3) is 2.58. The first-order chi connectivity index (χ1) is 9.66. The second-order valence-corrected chi connectivity index (χ2v) is 5.60. The van der Waals surface area contributed by atoms with Crippen LogP contribution in [0.1, 0.15) is 24.2 Å². The van der Waals surface area contributed by atoms with E-state index in [1.54, 1.807) is 13.8 Å². The van der Waals surface area contributed by atoms with Gasteiger partial charge in [-0.1, -0.05) is 13.8 Å². The SMILES string of the molecule is CC1(C)[C@H](C(=O)O)[C@@H]1C(=O)Nc1ccc(F)c(C(=O)O)c1. The molecular weight excluding hydrogens is 281 g/mol. The van der Waals surface area contributed by atoms with Gasteiger partial charge in [0.1, 0.15) is 5.82 Å². The Hall–Kier alpha value is -2.44. The second-order valence-electron chi connectivity index (χ2n) is 5.60. The van der Waals surface area contributed by atoms with Crippen LogP contribution in [0.15, 0.2) is 18.2 Å². The number of aliphatic carboxylic acids is 1. The molecule has 1 aliphatic rings. The topological polar surface area (TPSA) is 104 Å². The van der Waals surface area contributed by atoms with Gasteiger partial charge in [0.05, 0.1) is 17.4 Å². The number of hydrogen-bond donors (Lipinski definition) is 3. The van der Waals surface area contributed by atoms with Crippen molar-refractivity contribution in [2.24, 2.45) is 17.3 Å². The van der Waals surface area contributed by atoms with E-state index in [-0.39, 0.29) is 5.69 Å². The van der Waals surface area contributed by atoms with E-state index in [0.29, 0.717) is 0 Å². The minimum atomic E-state index is -1.45. The van der Waals surface area contributed by atoms with Gasteiger partial charge >= 0.3 is 11.9 Å². The molecule has 7 heteroatoms. The summed E-state index contributed by atoms with van der Waals surface area (Å²) >= 11 is 0. The Morgan fingerprint density at radius 2 is 1.81 bits per heavy atom. The van der Waals surface area contributed by atoms with Crippen molar-refractivity contribution in [3.05, 3.63) is 29.6 Å². The molecule has 0 aliphatic heterocycles. The molecule has 0 bridgehead atoms. The van der Waals surface area contributed by atoms with E-state index in [4.69, 9.17) is 10.2 Å². The van der Waals surface area contributed by atoms with Gasteiger partial charge in [-0.05, 0) is 23.6 Å². The number of carboxylic acid groups (broad SMARTS) is 2. The average Bonchev–Trinajstić information content (AvgIpc) is 2.94. The molecule has 0 spiro atoms. The molecule has 1 amide bonds. The monoisotopic (exact) mass is 295 g/mol. The number of anilines is 1. The van der Waals surface area contributed by atoms with Crippen molar-refractivity contribution in [1.82, 2.24) is 0 Å². The number of carboxylic acids is 2. The first-order valence-electron chi connectivity index (χ1n) is 6.22. The number of rotatable bonds is 4. The molecule has 1 saturated carbocycles. The maximum Gasteiger partial charge on any atom is 0.338 e. The van der Waals surface area contributed by atoms with Gasteiger partial charge in [-0.25, -0.2) is 9.18 Å². The zero-order valence-corrected chi connectivity index (χ0v) is 11.4. The highest BCUT2D eigenvalue weighted by molar-refractivity contribution is 6.00. The van der Waals surface area contributed by atoms with Gasteiger partial charge in [-0.3, -0.25) is 9.59 Å². The van der Waals surface area contributed by atoms with Crippen LogP contribution in [0.5, 0.6) is 0 Å². The summed E-state index contributed by atoms with van der Waals surface area (Å²) in [5.74, 6) is -5.40. The fraction of sp³-hybridized carbons (Fsp3) is 0.357. The molecule has 3 N–H and O–H groups in total. The molecule has 2 atom stereocenters.